The molecule has 6 nitrogen and oxygen atoms in total. The Bertz CT molecular complexity index is 975. The van der Waals surface area contributed by atoms with Gasteiger partial charge in [-0.15, -0.1) is 0 Å². The van der Waals surface area contributed by atoms with Crippen LogP contribution in [-0.2, 0) is 0 Å². The maximum Gasteiger partial charge on any atom is 0.274 e. The van der Waals surface area contributed by atoms with Crippen molar-refractivity contribution in [1.29, 1.82) is 0 Å². The summed E-state index contributed by atoms with van der Waals surface area (Å²) in [6.07, 6.45) is 0. The van der Waals surface area contributed by atoms with E-state index in [0.29, 0.717) is 24.2 Å². The molecule has 158 valence electrons. The first kappa shape index (κ1) is 20.8. The average molecular weight is 415 g/mol. The molecule has 0 spiro atoms. The van der Waals surface area contributed by atoms with E-state index in [-0.39, 0.29) is 11.9 Å². The predicted octanol–water partition coefficient (Wildman–Crippen LogP) is 3.35. The summed E-state index contributed by atoms with van der Waals surface area (Å²) in [7, 11) is 0. The molecule has 0 atom stereocenters. The summed E-state index contributed by atoms with van der Waals surface area (Å²) in [5, 5.41) is 8.73. The van der Waals surface area contributed by atoms with Crippen LogP contribution in [0.2, 0.25) is 0 Å². The Labute approximate surface area is 181 Å². The first-order valence-corrected chi connectivity index (χ1v) is 10.3. The number of hydrogen-bond donors (Lipinski definition) is 2. The Morgan fingerprint density at radius 2 is 1.19 bits per heavy atom. The molecular formula is C25H25N3O3. The number of hydroxylamine groups is 1. The van der Waals surface area contributed by atoms with Crippen LogP contribution in [0.3, 0.4) is 0 Å². The van der Waals surface area contributed by atoms with Gasteiger partial charge in [0, 0.05) is 37.3 Å². The number of carbonyl (C=O) groups excluding carboxylic acids is 2. The third kappa shape index (κ3) is 4.66. The Balaban J connectivity index is 1.46. The van der Waals surface area contributed by atoms with Crippen molar-refractivity contribution in [1.82, 2.24) is 15.3 Å². The van der Waals surface area contributed by atoms with Crippen LogP contribution in [0.5, 0.6) is 0 Å². The Kier molecular flexibility index (Phi) is 6.40. The van der Waals surface area contributed by atoms with E-state index < -0.39 is 5.91 Å². The van der Waals surface area contributed by atoms with Crippen molar-refractivity contribution in [2.45, 2.75) is 6.04 Å². The van der Waals surface area contributed by atoms with Gasteiger partial charge in [0.1, 0.15) is 0 Å². The highest BCUT2D eigenvalue weighted by Gasteiger charge is 2.28. The van der Waals surface area contributed by atoms with E-state index >= 15 is 0 Å². The topological polar surface area (TPSA) is 72.9 Å². The lowest BCUT2D eigenvalue weighted by atomic mass is 9.96. The summed E-state index contributed by atoms with van der Waals surface area (Å²) in [5.41, 5.74) is 4.92. The van der Waals surface area contributed by atoms with Crippen LogP contribution in [0.15, 0.2) is 84.9 Å². The minimum atomic E-state index is -0.597. The van der Waals surface area contributed by atoms with Crippen molar-refractivity contribution in [3.05, 3.63) is 107 Å². The summed E-state index contributed by atoms with van der Waals surface area (Å²) in [6, 6.07) is 27.4. The van der Waals surface area contributed by atoms with Crippen molar-refractivity contribution in [3.63, 3.8) is 0 Å². The zero-order valence-electron chi connectivity index (χ0n) is 17.1. The van der Waals surface area contributed by atoms with E-state index in [0.717, 1.165) is 13.1 Å². The molecule has 4 rings (SSSR count). The van der Waals surface area contributed by atoms with Gasteiger partial charge >= 0.3 is 0 Å². The Hall–Kier alpha value is -3.48. The summed E-state index contributed by atoms with van der Waals surface area (Å²) < 4.78 is 0. The highest BCUT2D eigenvalue weighted by atomic mass is 16.5. The molecular weight excluding hydrogens is 390 g/mol. The number of hydrogen-bond acceptors (Lipinski definition) is 4. The quantitative estimate of drug-likeness (QED) is 0.495. The summed E-state index contributed by atoms with van der Waals surface area (Å²) in [4.78, 5) is 28.7. The second kappa shape index (κ2) is 9.55. The van der Waals surface area contributed by atoms with E-state index in [4.69, 9.17) is 5.21 Å². The highest BCUT2D eigenvalue weighted by molar-refractivity contribution is 5.97. The summed E-state index contributed by atoms with van der Waals surface area (Å²) in [5.74, 6) is -0.646. The van der Waals surface area contributed by atoms with Gasteiger partial charge in [-0.05, 0) is 35.4 Å². The minimum absolute atomic E-state index is 0.0495. The zero-order valence-corrected chi connectivity index (χ0v) is 17.1. The average Bonchev–Trinajstić information content (AvgIpc) is 2.85. The van der Waals surface area contributed by atoms with E-state index in [1.54, 1.807) is 17.6 Å². The summed E-state index contributed by atoms with van der Waals surface area (Å²) in [6.45, 7) is 2.80. The maximum absolute atomic E-state index is 12.9. The molecule has 0 aliphatic carbocycles. The van der Waals surface area contributed by atoms with Crippen molar-refractivity contribution >= 4 is 11.8 Å². The van der Waals surface area contributed by atoms with Crippen molar-refractivity contribution in [2.75, 3.05) is 26.2 Å². The molecule has 0 aromatic heterocycles. The monoisotopic (exact) mass is 415 g/mol. The number of benzene rings is 3. The van der Waals surface area contributed by atoms with Gasteiger partial charge in [0.25, 0.3) is 11.8 Å². The molecule has 3 aromatic rings. The van der Waals surface area contributed by atoms with Crippen LogP contribution >= 0.6 is 0 Å². The number of rotatable bonds is 5. The second-order valence-corrected chi connectivity index (χ2v) is 7.57. The minimum Gasteiger partial charge on any atom is -0.336 e. The fourth-order valence-electron chi connectivity index (χ4n) is 4.08. The lowest BCUT2D eigenvalue weighted by Crippen LogP contribution is -2.49. The highest BCUT2D eigenvalue weighted by Crippen LogP contribution is 2.29. The van der Waals surface area contributed by atoms with E-state index in [2.05, 4.69) is 53.4 Å². The summed E-state index contributed by atoms with van der Waals surface area (Å²) >= 11 is 0. The molecule has 1 saturated heterocycles. The first-order chi connectivity index (χ1) is 15.2. The Morgan fingerprint density at radius 3 is 1.68 bits per heavy atom. The normalized spacial score (nSPS) is 14.5. The number of nitrogens with one attached hydrogen (secondary N) is 1. The van der Waals surface area contributed by atoms with Crippen LogP contribution < -0.4 is 5.48 Å². The molecule has 31 heavy (non-hydrogen) atoms. The van der Waals surface area contributed by atoms with Gasteiger partial charge in [0.2, 0.25) is 0 Å². The van der Waals surface area contributed by atoms with Crippen molar-refractivity contribution in [3.8, 4) is 0 Å². The number of carbonyl (C=O) groups is 2. The number of amides is 2. The van der Waals surface area contributed by atoms with E-state index in [1.807, 2.05) is 17.0 Å². The van der Waals surface area contributed by atoms with Crippen LogP contribution in [0.25, 0.3) is 0 Å². The van der Waals surface area contributed by atoms with Crippen LogP contribution in [-0.4, -0.2) is 53.0 Å². The SMILES string of the molecule is O=C(NO)c1ccc(C(=O)N2CCN(C(c3ccccc3)c3ccccc3)CC2)cc1. The van der Waals surface area contributed by atoms with Gasteiger partial charge in [-0.2, -0.15) is 0 Å². The van der Waals surface area contributed by atoms with Crippen molar-refractivity contribution < 1.29 is 14.8 Å². The molecule has 2 amide bonds. The fourth-order valence-corrected chi connectivity index (χ4v) is 4.08. The van der Waals surface area contributed by atoms with E-state index in [9.17, 15) is 9.59 Å². The molecule has 1 aliphatic heterocycles. The molecule has 0 saturated carbocycles. The lowest BCUT2D eigenvalue weighted by Gasteiger charge is -2.39. The third-order valence-corrected chi connectivity index (χ3v) is 5.69. The molecule has 1 aliphatic rings. The third-order valence-electron chi connectivity index (χ3n) is 5.69. The van der Waals surface area contributed by atoms with E-state index in [1.165, 1.54) is 23.3 Å². The van der Waals surface area contributed by atoms with Gasteiger partial charge < -0.3 is 4.90 Å². The number of piperazine rings is 1. The van der Waals surface area contributed by atoms with Gasteiger partial charge in [-0.1, -0.05) is 60.7 Å². The smallest absolute Gasteiger partial charge is 0.274 e. The zero-order chi connectivity index (χ0) is 21.6. The fraction of sp³-hybridized carbons (Fsp3) is 0.200. The van der Waals surface area contributed by atoms with Gasteiger partial charge in [0.15, 0.2) is 0 Å². The number of nitrogens with zero attached hydrogens (tertiary/aromatic N) is 2. The predicted molar refractivity (Wildman–Crippen MR) is 118 cm³/mol. The molecule has 3 aromatic carbocycles. The standard InChI is InChI=1S/C25H25N3O3/c29-24(26-31)21-11-13-22(14-12-21)25(30)28-17-15-27(16-18-28)23(19-7-3-1-4-8-19)20-9-5-2-6-10-20/h1-14,23,31H,15-18H2,(H,26,29). The molecule has 0 bridgehead atoms. The molecule has 6 heteroatoms. The maximum atomic E-state index is 12.9. The van der Waals surface area contributed by atoms with Crippen LogP contribution in [0, 0.1) is 0 Å². The van der Waals surface area contributed by atoms with Gasteiger partial charge in [0.05, 0.1) is 6.04 Å². The van der Waals surface area contributed by atoms with Crippen LogP contribution in [0.4, 0.5) is 0 Å². The molecule has 0 radical (unpaired) electrons. The Morgan fingerprint density at radius 1 is 0.710 bits per heavy atom. The second-order valence-electron chi connectivity index (χ2n) is 7.57. The van der Waals surface area contributed by atoms with Crippen LogP contribution in [0.1, 0.15) is 37.9 Å². The van der Waals surface area contributed by atoms with Crippen molar-refractivity contribution in [2.24, 2.45) is 0 Å². The largest absolute Gasteiger partial charge is 0.336 e. The molecule has 1 heterocycles. The van der Waals surface area contributed by atoms with Gasteiger partial charge in [-0.3, -0.25) is 19.7 Å². The molecule has 2 N–H and O–H groups in total. The molecule has 0 unspecified atom stereocenters. The van der Waals surface area contributed by atoms with Gasteiger partial charge in [-0.25, -0.2) is 5.48 Å². The first-order valence-electron chi connectivity index (χ1n) is 10.3. The molecule has 1 fully saturated rings. The lowest BCUT2D eigenvalue weighted by molar-refractivity contribution is 0.0596.